The number of H-pyrrole nitrogens is 1. The van der Waals surface area contributed by atoms with E-state index < -0.39 is 24.4 Å². The molecule has 0 amide bonds. The first-order valence-corrected chi connectivity index (χ1v) is 15.9. The molecule has 6 heterocycles. The van der Waals surface area contributed by atoms with E-state index in [0.717, 1.165) is 22.5 Å². The topological polar surface area (TPSA) is 225 Å². The van der Waals surface area contributed by atoms with Crippen LogP contribution in [-0.4, -0.2) is 83.6 Å². The molecule has 0 atom stereocenters. The number of pyridine rings is 2. The Hall–Kier alpha value is -6.92. The number of hydrogen-bond acceptors (Lipinski definition) is 11. The van der Waals surface area contributed by atoms with Gasteiger partial charge in [0.15, 0.2) is 0 Å². The molecule has 19 heteroatoms. The van der Waals surface area contributed by atoms with E-state index >= 15 is 0 Å². The molecule has 6 aromatic rings. The molecule has 0 saturated carbocycles. The second-order valence-electron chi connectivity index (χ2n) is 11.9. The van der Waals surface area contributed by atoms with Crippen LogP contribution < -0.4 is 5.56 Å². The number of alkyl halides is 3. The molecule has 0 saturated heterocycles. The zero-order valence-corrected chi connectivity index (χ0v) is 29.3. The van der Waals surface area contributed by atoms with E-state index in [1.54, 1.807) is 52.4 Å². The smallest absolute Gasteiger partial charge is 0.446 e. The number of carboxylic acid groups (broad SMARTS) is 2. The van der Waals surface area contributed by atoms with Crippen LogP contribution in [0.1, 0.15) is 77.3 Å². The van der Waals surface area contributed by atoms with Crippen LogP contribution in [0.4, 0.5) is 13.2 Å². The molecule has 0 spiro atoms. The van der Waals surface area contributed by atoms with E-state index in [1.165, 1.54) is 30.9 Å². The third-order valence-corrected chi connectivity index (χ3v) is 7.35. The summed E-state index contributed by atoms with van der Waals surface area (Å²) in [6.45, 7) is 9.88. The van der Waals surface area contributed by atoms with E-state index in [0.29, 0.717) is 28.7 Å². The number of rotatable bonds is 8. The third kappa shape index (κ3) is 9.90. The fourth-order valence-corrected chi connectivity index (χ4v) is 5.02. The number of aromatic carboxylic acids is 2. The Balaban J connectivity index is 0.000000209. The highest BCUT2D eigenvalue weighted by molar-refractivity contribution is 5.86. The van der Waals surface area contributed by atoms with Gasteiger partial charge in [0.2, 0.25) is 18.2 Å². The van der Waals surface area contributed by atoms with Crippen LogP contribution in [-0.2, 0) is 4.79 Å². The molecule has 0 fully saturated rings. The van der Waals surface area contributed by atoms with E-state index in [2.05, 4.69) is 53.7 Å². The van der Waals surface area contributed by atoms with Crippen LogP contribution in [0.3, 0.4) is 0 Å². The Morgan fingerprint density at radius 3 is 1.65 bits per heavy atom. The highest BCUT2D eigenvalue weighted by atomic mass is 19.4. The molecule has 6 rings (SSSR count). The summed E-state index contributed by atoms with van der Waals surface area (Å²) < 4.78 is 34.6. The average Bonchev–Trinajstić information content (AvgIpc) is 3.87. The van der Waals surface area contributed by atoms with Crippen molar-refractivity contribution in [3.05, 3.63) is 113 Å². The van der Waals surface area contributed by atoms with Crippen molar-refractivity contribution < 1.29 is 37.8 Å². The maximum atomic E-state index is 12.5. The summed E-state index contributed by atoms with van der Waals surface area (Å²) >= 11 is 0. The lowest BCUT2D eigenvalue weighted by atomic mass is 9.96. The molecule has 280 valence electrons. The van der Waals surface area contributed by atoms with Crippen molar-refractivity contribution in [2.24, 2.45) is 0 Å². The Morgan fingerprint density at radius 2 is 1.26 bits per heavy atom. The van der Waals surface area contributed by atoms with Crippen molar-refractivity contribution in [2.45, 2.75) is 52.6 Å². The molecule has 0 aliphatic rings. The maximum Gasteiger partial charge on any atom is 0.446 e. The minimum Gasteiger partial charge on any atom is -0.477 e. The number of aldehydes is 1. The van der Waals surface area contributed by atoms with E-state index in [9.17, 15) is 27.6 Å². The largest absolute Gasteiger partial charge is 0.477 e. The van der Waals surface area contributed by atoms with E-state index in [-0.39, 0.29) is 28.8 Å². The van der Waals surface area contributed by atoms with Crippen molar-refractivity contribution in [1.82, 2.24) is 49.0 Å². The Morgan fingerprint density at radius 1 is 0.778 bits per heavy atom. The van der Waals surface area contributed by atoms with Gasteiger partial charge in [-0.3, -0.25) is 23.7 Å². The first kappa shape index (κ1) is 39.9. The van der Waals surface area contributed by atoms with E-state index in [1.807, 2.05) is 20.8 Å². The molecule has 0 aliphatic heterocycles. The van der Waals surface area contributed by atoms with E-state index in [4.69, 9.17) is 15.0 Å². The molecule has 0 bridgehead atoms. The second kappa shape index (κ2) is 17.1. The van der Waals surface area contributed by atoms with Crippen LogP contribution in [0.2, 0.25) is 0 Å². The van der Waals surface area contributed by atoms with Crippen molar-refractivity contribution >= 4 is 18.2 Å². The van der Waals surface area contributed by atoms with Gasteiger partial charge in [-0.15, -0.1) is 0 Å². The summed E-state index contributed by atoms with van der Waals surface area (Å²) in [7, 11) is 0. The van der Waals surface area contributed by atoms with Crippen LogP contribution >= 0.6 is 0 Å². The fraction of sp³-hybridized carbons (Fsp3) is 0.229. The van der Waals surface area contributed by atoms with Crippen molar-refractivity contribution in [3.63, 3.8) is 0 Å². The average molecular weight is 747 g/mol. The van der Waals surface area contributed by atoms with Crippen molar-refractivity contribution in [2.75, 3.05) is 0 Å². The van der Waals surface area contributed by atoms with Gasteiger partial charge >= 0.3 is 18.1 Å². The zero-order chi connectivity index (χ0) is 39.7. The molecule has 0 aromatic carbocycles. The second-order valence-corrected chi connectivity index (χ2v) is 11.9. The number of imidazole rings is 2. The molecule has 16 nitrogen and oxygen atoms in total. The van der Waals surface area contributed by atoms with Gasteiger partial charge in [0, 0.05) is 65.1 Å². The van der Waals surface area contributed by atoms with Gasteiger partial charge in [0.1, 0.15) is 24.0 Å². The number of nitrogens with one attached hydrogen (secondary N) is 1. The van der Waals surface area contributed by atoms with Gasteiger partial charge < -0.3 is 10.2 Å². The van der Waals surface area contributed by atoms with Gasteiger partial charge in [-0.1, -0.05) is 27.7 Å². The highest BCUT2D eigenvalue weighted by Gasteiger charge is 2.25. The summed E-state index contributed by atoms with van der Waals surface area (Å²) in [5.74, 6) is -1.15. The predicted octanol–water partition coefficient (Wildman–Crippen LogP) is 5.44. The number of carbonyl (C=O) groups excluding carboxylic acids is 1. The maximum absolute atomic E-state index is 12.5. The number of carboxylic acids is 2. The molecular formula is C35H33F3N10O6. The summed E-state index contributed by atoms with van der Waals surface area (Å²) in [6, 6.07) is 6.20. The summed E-state index contributed by atoms with van der Waals surface area (Å²) in [4.78, 5) is 75.5. The number of carbonyl (C=O) groups is 3. The van der Waals surface area contributed by atoms with Gasteiger partial charge in [-0.25, -0.2) is 44.5 Å². The van der Waals surface area contributed by atoms with Crippen LogP contribution in [0.5, 0.6) is 0 Å². The molecule has 0 radical (unpaired) electrons. The number of halogens is 3. The number of nitrogens with zero attached hydrogens (tertiary/aromatic N) is 9. The lowest BCUT2D eigenvalue weighted by Gasteiger charge is -2.16. The van der Waals surface area contributed by atoms with Crippen molar-refractivity contribution in [3.8, 4) is 34.4 Å². The molecular weight excluding hydrogens is 713 g/mol. The number of aryl methyl sites for hydroxylation is 1. The molecule has 3 N–H and O–H groups in total. The number of hydrogen-bond donors (Lipinski definition) is 3. The van der Waals surface area contributed by atoms with Gasteiger partial charge in [0.05, 0.1) is 11.4 Å². The monoisotopic (exact) mass is 746 g/mol. The van der Waals surface area contributed by atoms with Crippen LogP contribution in [0, 0.1) is 6.92 Å². The standard InChI is InChI=1S/C17H17N5O2.C16H15N5O3.C2HF3O/c1-10(2)14-11(3)20-17(22-7-6-18-9-22)21-15(14)12-4-5-13(16(23)24)19-8-12;1-9(2)12-13(10-3-4-11(15(23)24)18-7-10)19-16(20-14(12)22)21-6-5-17-8-21;3-2(4,5)1-6/h4-10H,1-3H3,(H,23,24);3-9H,1-2H3,(H,23,24)(H,19,20,22);1H. The summed E-state index contributed by atoms with van der Waals surface area (Å²) in [6.07, 6.45) is 7.11. The van der Waals surface area contributed by atoms with Gasteiger partial charge in [0.25, 0.3) is 5.56 Å². The molecule has 0 aliphatic carbocycles. The van der Waals surface area contributed by atoms with Crippen LogP contribution in [0.15, 0.2) is 78.9 Å². The minimum atomic E-state index is -4.64. The fourth-order valence-electron chi connectivity index (χ4n) is 5.02. The normalized spacial score (nSPS) is 11.0. The summed E-state index contributed by atoms with van der Waals surface area (Å²) in [5.41, 5.74) is 4.67. The Bertz CT molecular complexity index is 2270. The predicted molar refractivity (Wildman–Crippen MR) is 187 cm³/mol. The Kier molecular flexibility index (Phi) is 12.6. The first-order valence-electron chi connectivity index (χ1n) is 15.9. The lowest BCUT2D eigenvalue weighted by molar-refractivity contribution is -0.156. The molecule has 6 aromatic heterocycles. The number of aromatic amines is 1. The quantitative estimate of drug-likeness (QED) is 0.165. The van der Waals surface area contributed by atoms with Crippen molar-refractivity contribution in [1.29, 1.82) is 0 Å². The van der Waals surface area contributed by atoms with Gasteiger partial charge in [-0.2, -0.15) is 13.2 Å². The number of aromatic nitrogens is 10. The van der Waals surface area contributed by atoms with Gasteiger partial charge in [-0.05, 0) is 43.0 Å². The lowest BCUT2D eigenvalue weighted by Crippen LogP contribution is -2.20. The zero-order valence-electron chi connectivity index (χ0n) is 29.3. The highest BCUT2D eigenvalue weighted by Crippen LogP contribution is 2.30. The van der Waals surface area contributed by atoms with Crippen LogP contribution in [0.25, 0.3) is 34.4 Å². The Labute approximate surface area is 304 Å². The summed E-state index contributed by atoms with van der Waals surface area (Å²) in [5, 5.41) is 18.0. The SMILES string of the molecule is CC(C)c1c(-c2ccc(C(=O)O)nc2)nc(-n2ccnc2)[nH]c1=O.Cc1nc(-n2ccnc2)nc(-c2ccc(C(=O)O)nc2)c1C(C)C.O=CC(F)(F)F. The minimum absolute atomic E-state index is 0.00505. The third-order valence-electron chi connectivity index (χ3n) is 7.35. The molecule has 0 unspecified atom stereocenters. The first-order chi connectivity index (χ1) is 25.5. The molecule has 54 heavy (non-hydrogen) atoms.